The van der Waals surface area contributed by atoms with Crippen LogP contribution >= 0.6 is 11.8 Å². The molecule has 13 heteroatoms. The van der Waals surface area contributed by atoms with Gasteiger partial charge in [0.15, 0.2) is 0 Å². The number of hydrogen-bond acceptors (Lipinski definition) is 6. The van der Waals surface area contributed by atoms with Crippen LogP contribution in [0.5, 0.6) is 0 Å². The molecule has 0 unspecified atom stereocenters. The van der Waals surface area contributed by atoms with Gasteiger partial charge < -0.3 is 0 Å². The summed E-state index contributed by atoms with van der Waals surface area (Å²) in [6.07, 6.45) is 0.818. The van der Waals surface area contributed by atoms with Crippen LogP contribution in [0.3, 0.4) is 0 Å². The van der Waals surface area contributed by atoms with Crippen molar-refractivity contribution in [3.63, 3.8) is 0 Å². The van der Waals surface area contributed by atoms with Gasteiger partial charge in [-0.1, -0.05) is 121 Å². The fourth-order valence-corrected chi connectivity index (χ4v) is 11.3. The zero-order chi connectivity index (χ0) is 38.8. The van der Waals surface area contributed by atoms with Crippen LogP contribution in [-0.4, -0.2) is 55.6 Å². The molecule has 6 aromatic carbocycles. The van der Waals surface area contributed by atoms with Crippen LogP contribution in [0.1, 0.15) is 28.7 Å². The Morgan fingerprint density at radius 2 is 1.29 bits per heavy atom. The molecule has 2 atom stereocenters. The lowest BCUT2D eigenvalue weighted by atomic mass is 9.84. The fourth-order valence-electron chi connectivity index (χ4n) is 7.05. The van der Waals surface area contributed by atoms with Crippen LogP contribution in [0, 0.1) is 11.6 Å². The maximum absolute atomic E-state index is 14.7. The number of sulfonamides is 2. The van der Waals surface area contributed by atoms with Crippen LogP contribution in [0.2, 0.25) is 0 Å². The molecule has 0 bridgehead atoms. The lowest BCUT2D eigenvalue weighted by molar-refractivity contribution is -0.127. The molecule has 7 rings (SSSR count). The number of nitrogens with one attached hydrogen (secondary N) is 1. The number of thioether (sulfide) groups is 1. The zero-order valence-corrected chi connectivity index (χ0v) is 32.1. The number of carbonyl (C=O) groups is 1. The molecule has 0 radical (unpaired) electrons. The minimum absolute atomic E-state index is 0.00346. The van der Waals surface area contributed by atoms with Gasteiger partial charge in [-0.2, -0.15) is 4.31 Å². The summed E-state index contributed by atoms with van der Waals surface area (Å²) >= 11 is 1.52. The summed E-state index contributed by atoms with van der Waals surface area (Å²) in [5, 5.41) is 1.02. The van der Waals surface area contributed by atoms with Gasteiger partial charge in [-0.3, -0.25) is 10.2 Å². The van der Waals surface area contributed by atoms with E-state index in [1.807, 2.05) is 103 Å². The van der Waals surface area contributed by atoms with Crippen LogP contribution in [-0.2, 0) is 36.1 Å². The van der Waals surface area contributed by atoms with E-state index in [4.69, 9.17) is 0 Å². The molecular formula is C42H37F2N3O5S3. The molecule has 0 aromatic heterocycles. The van der Waals surface area contributed by atoms with Crippen molar-refractivity contribution in [1.82, 2.24) is 14.1 Å². The largest absolute Gasteiger partial charge is 0.274 e. The van der Waals surface area contributed by atoms with Crippen molar-refractivity contribution >= 4 is 48.5 Å². The van der Waals surface area contributed by atoms with E-state index in [1.54, 1.807) is 24.3 Å². The van der Waals surface area contributed by atoms with Crippen LogP contribution in [0.4, 0.5) is 8.78 Å². The first-order valence-corrected chi connectivity index (χ1v) is 21.6. The lowest BCUT2D eigenvalue weighted by Gasteiger charge is -2.37. The van der Waals surface area contributed by atoms with Gasteiger partial charge in [-0.05, 0) is 64.2 Å². The maximum Gasteiger partial charge on any atom is 0.253 e. The minimum Gasteiger partial charge on any atom is -0.274 e. The maximum atomic E-state index is 14.7. The molecule has 0 spiro atoms. The number of halogens is 2. The Bertz CT molecular complexity index is 2450. The van der Waals surface area contributed by atoms with Crippen molar-refractivity contribution in [2.24, 2.45) is 0 Å². The Labute approximate surface area is 323 Å². The van der Waals surface area contributed by atoms with E-state index in [0.29, 0.717) is 9.80 Å². The van der Waals surface area contributed by atoms with Crippen LogP contribution in [0.25, 0.3) is 10.8 Å². The van der Waals surface area contributed by atoms with Crippen molar-refractivity contribution in [2.75, 3.05) is 12.8 Å². The molecule has 0 saturated carbocycles. The molecule has 55 heavy (non-hydrogen) atoms. The van der Waals surface area contributed by atoms with Gasteiger partial charge in [0.25, 0.3) is 5.91 Å². The average Bonchev–Trinajstić information content (AvgIpc) is 3.63. The summed E-state index contributed by atoms with van der Waals surface area (Å²) in [7, 11) is -8.63. The van der Waals surface area contributed by atoms with E-state index in [9.17, 15) is 30.4 Å². The molecule has 1 heterocycles. The first-order chi connectivity index (χ1) is 26.4. The highest BCUT2D eigenvalue weighted by Crippen LogP contribution is 2.52. The smallest absolute Gasteiger partial charge is 0.253 e. The summed E-state index contributed by atoms with van der Waals surface area (Å²) in [6.45, 7) is -0.820. The number of hydrazine groups is 1. The number of amides is 1. The highest BCUT2D eigenvalue weighted by Gasteiger charge is 2.49. The fraction of sp³-hybridized carbons (Fsp3) is 0.167. The molecule has 1 N–H and O–H groups in total. The van der Waals surface area contributed by atoms with Crippen molar-refractivity contribution in [2.45, 2.75) is 33.9 Å². The molecule has 1 aliphatic rings. The Balaban J connectivity index is 1.31. The third kappa shape index (κ3) is 7.94. The molecular weight excluding hydrogens is 761 g/mol. The van der Waals surface area contributed by atoms with Crippen molar-refractivity contribution in [3.8, 4) is 0 Å². The van der Waals surface area contributed by atoms with Gasteiger partial charge in [-0.25, -0.2) is 25.6 Å². The topological polar surface area (TPSA) is 104 Å². The highest BCUT2D eigenvalue weighted by atomic mass is 32.2. The van der Waals surface area contributed by atoms with E-state index in [2.05, 4.69) is 5.43 Å². The average molecular weight is 798 g/mol. The van der Waals surface area contributed by atoms with Gasteiger partial charge in [0.2, 0.25) is 20.0 Å². The third-order valence-electron chi connectivity index (χ3n) is 9.69. The summed E-state index contributed by atoms with van der Waals surface area (Å²) in [5.74, 6) is -2.60. The number of nitrogens with zero attached hydrogens (tertiary/aromatic N) is 2. The minimum atomic E-state index is -4.37. The van der Waals surface area contributed by atoms with Crippen molar-refractivity contribution < 1.29 is 30.4 Å². The predicted molar refractivity (Wildman–Crippen MR) is 212 cm³/mol. The van der Waals surface area contributed by atoms with E-state index in [-0.39, 0.29) is 23.4 Å². The van der Waals surface area contributed by atoms with Gasteiger partial charge in [-0.15, -0.1) is 16.2 Å². The van der Waals surface area contributed by atoms with Gasteiger partial charge in [0, 0.05) is 17.4 Å². The van der Waals surface area contributed by atoms with Gasteiger partial charge in [0.1, 0.15) is 17.7 Å². The number of fused-ring (bicyclic) bond motifs is 1. The van der Waals surface area contributed by atoms with E-state index >= 15 is 0 Å². The quantitative estimate of drug-likeness (QED) is 0.102. The summed E-state index contributed by atoms with van der Waals surface area (Å²) in [4.78, 5) is 14.3. The Kier molecular flexibility index (Phi) is 10.9. The second-order valence-electron chi connectivity index (χ2n) is 13.3. The molecule has 1 fully saturated rings. The number of carbonyl (C=O) groups excluding carboxylic acids is 1. The molecule has 1 amide bonds. The van der Waals surface area contributed by atoms with Crippen LogP contribution in [0.15, 0.2) is 157 Å². The van der Waals surface area contributed by atoms with E-state index < -0.39 is 60.2 Å². The zero-order valence-electron chi connectivity index (χ0n) is 29.6. The standard InChI is InChI=1S/C42H37F2N3O5S3/c1-54(49,50)47(28-32-25-36(43)22-24-39(32)44)45-41(48)40-27-37(29-46(40)55(51,52)38-23-21-30-13-11-12-14-31(30)26-38)53-42(33-15-5-2-6-16-33,34-17-7-3-8-18-34)35-19-9-4-10-20-35/h2-26,37,40H,27-29H2,1H3,(H,45,48)/t37-,40+/m1/s1. The Morgan fingerprint density at radius 1 is 0.745 bits per heavy atom. The summed E-state index contributed by atoms with van der Waals surface area (Å²) in [6, 6.07) is 42.8. The number of rotatable bonds is 12. The van der Waals surface area contributed by atoms with Gasteiger partial charge >= 0.3 is 0 Å². The Hall–Kier alpha value is -4.92. The van der Waals surface area contributed by atoms with Crippen molar-refractivity contribution in [1.29, 1.82) is 0 Å². The molecule has 8 nitrogen and oxygen atoms in total. The van der Waals surface area contributed by atoms with Crippen LogP contribution < -0.4 is 5.43 Å². The first kappa shape index (κ1) is 38.4. The second-order valence-corrected chi connectivity index (χ2v) is 18.6. The monoisotopic (exact) mass is 797 g/mol. The molecule has 0 aliphatic carbocycles. The lowest BCUT2D eigenvalue weighted by Crippen LogP contribution is -2.52. The SMILES string of the molecule is CS(=O)(=O)N(Cc1cc(F)ccc1F)NC(=O)[C@@H]1C[C@@H](SC(c2ccccc2)(c2ccccc2)c2ccccc2)CN1S(=O)(=O)c1ccc2ccccc2c1. The third-order valence-corrected chi connectivity index (χ3v) is 14.3. The first-order valence-electron chi connectivity index (χ1n) is 17.4. The Morgan fingerprint density at radius 3 is 1.85 bits per heavy atom. The number of benzene rings is 6. The number of hydrogen-bond donors (Lipinski definition) is 1. The van der Waals surface area contributed by atoms with E-state index in [0.717, 1.165) is 50.8 Å². The molecule has 1 aliphatic heterocycles. The van der Waals surface area contributed by atoms with Crippen molar-refractivity contribution in [3.05, 3.63) is 186 Å². The van der Waals surface area contributed by atoms with E-state index in [1.165, 1.54) is 17.8 Å². The molecule has 282 valence electrons. The normalized spacial score (nSPS) is 16.7. The molecule has 1 saturated heterocycles. The highest BCUT2D eigenvalue weighted by molar-refractivity contribution is 8.01. The predicted octanol–water partition coefficient (Wildman–Crippen LogP) is 7.47. The summed E-state index contributed by atoms with van der Waals surface area (Å²) < 4.78 is 84.9. The summed E-state index contributed by atoms with van der Waals surface area (Å²) in [5.41, 5.74) is 4.86. The second kappa shape index (κ2) is 15.7. The van der Waals surface area contributed by atoms with Gasteiger partial charge in [0.05, 0.1) is 22.4 Å². The molecule has 6 aromatic rings.